The second kappa shape index (κ2) is 8.01. The molecule has 0 unspecified atom stereocenters. The van der Waals surface area contributed by atoms with Crippen LogP contribution in [0.15, 0.2) is 33.5 Å². The molecule has 3 aromatic rings. The first-order valence-corrected chi connectivity index (χ1v) is 9.64. The van der Waals surface area contributed by atoms with Crippen LogP contribution < -0.4 is 10.2 Å². The van der Waals surface area contributed by atoms with Crippen LogP contribution in [0.3, 0.4) is 0 Å². The van der Waals surface area contributed by atoms with Crippen LogP contribution in [0.1, 0.15) is 6.92 Å². The summed E-state index contributed by atoms with van der Waals surface area (Å²) in [5.41, 5.74) is -1.71. The number of phenols is 4. The predicted molar refractivity (Wildman–Crippen MR) is 109 cm³/mol. The molecule has 5 atom stereocenters. The minimum atomic E-state index is -1.77. The third-order valence-electron chi connectivity index (χ3n) is 5.34. The molecule has 0 aliphatic carbocycles. The zero-order chi connectivity index (χ0) is 24.2. The van der Waals surface area contributed by atoms with Crippen molar-refractivity contribution in [2.75, 3.05) is 0 Å². The average Bonchev–Trinajstić information content (AvgIpc) is 2.76. The Morgan fingerprint density at radius 1 is 0.848 bits per heavy atom. The third-order valence-corrected chi connectivity index (χ3v) is 5.34. The summed E-state index contributed by atoms with van der Waals surface area (Å²) < 4.78 is 16.4. The Bertz CT molecular complexity index is 1280. The third kappa shape index (κ3) is 3.64. The molecular weight excluding hydrogens is 444 g/mol. The van der Waals surface area contributed by atoms with Crippen LogP contribution in [-0.4, -0.2) is 71.6 Å². The lowest BCUT2D eigenvalue weighted by Gasteiger charge is -2.38. The van der Waals surface area contributed by atoms with Gasteiger partial charge in [0, 0.05) is 11.6 Å². The lowest BCUT2D eigenvalue weighted by Crippen LogP contribution is -2.58. The van der Waals surface area contributed by atoms with Crippen molar-refractivity contribution >= 4 is 11.0 Å². The summed E-state index contributed by atoms with van der Waals surface area (Å²) in [6.45, 7) is 1.40. The molecule has 2 heterocycles. The van der Waals surface area contributed by atoms with Gasteiger partial charge in [0.2, 0.25) is 23.2 Å². The molecule has 1 fully saturated rings. The van der Waals surface area contributed by atoms with E-state index in [1.165, 1.54) is 13.0 Å². The van der Waals surface area contributed by atoms with Crippen molar-refractivity contribution in [2.45, 2.75) is 37.6 Å². The number of benzene rings is 2. The number of ether oxygens (including phenoxy) is 2. The maximum absolute atomic E-state index is 12.8. The van der Waals surface area contributed by atoms with Gasteiger partial charge in [-0.2, -0.15) is 0 Å². The Kier molecular flexibility index (Phi) is 5.46. The van der Waals surface area contributed by atoms with Crippen LogP contribution in [-0.2, 0) is 4.74 Å². The lowest BCUT2D eigenvalue weighted by molar-refractivity contribution is -0.268. The van der Waals surface area contributed by atoms with Crippen LogP contribution in [0.4, 0.5) is 0 Å². The van der Waals surface area contributed by atoms with Crippen molar-refractivity contribution in [2.24, 2.45) is 0 Å². The second-order valence-electron chi connectivity index (χ2n) is 7.56. The van der Waals surface area contributed by atoms with Gasteiger partial charge < -0.3 is 54.7 Å². The zero-order valence-electron chi connectivity index (χ0n) is 16.9. The fraction of sp³-hybridized carbons (Fsp3) is 0.286. The molecule has 0 bridgehead atoms. The summed E-state index contributed by atoms with van der Waals surface area (Å²) >= 11 is 0. The first-order valence-electron chi connectivity index (χ1n) is 9.64. The van der Waals surface area contributed by atoms with Gasteiger partial charge in [0.25, 0.3) is 0 Å². The van der Waals surface area contributed by atoms with E-state index >= 15 is 0 Å². The molecular formula is C21H20O12. The van der Waals surface area contributed by atoms with Crippen LogP contribution >= 0.6 is 0 Å². The lowest BCUT2D eigenvalue weighted by atomic mass is 10.00. The van der Waals surface area contributed by atoms with E-state index in [9.17, 15) is 45.6 Å². The van der Waals surface area contributed by atoms with E-state index in [2.05, 4.69) is 0 Å². The topological polar surface area (TPSA) is 211 Å². The number of aliphatic hydroxyl groups excluding tert-OH is 3. The maximum atomic E-state index is 12.8. The summed E-state index contributed by atoms with van der Waals surface area (Å²) in [5, 5.41) is 79.6. The van der Waals surface area contributed by atoms with E-state index in [1.807, 2.05) is 0 Å². The standard InChI is InChI=1S/C21H20O12/c1-6-13(26)15(28)17(30)21(31-6)33-19-11(25)5-10(24)12-14(27)16(29)18(32-20(12)19)7-2-3-8(22)9(23)4-7/h2-6,13,15,17,21-26,28-30H,1H3/t6-,13-,15+,17+,21-/m0/s1. The largest absolute Gasteiger partial charge is 0.507 e. The van der Waals surface area contributed by atoms with Crippen LogP contribution in [0.5, 0.6) is 34.5 Å². The normalized spacial score (nSPS) is 25.3. The average molecular weight is 464 g/mol. The Morgan fingerprint density at radius 3 is 2.21 bits per heavy atom. The molecule has 1 aromatic heterocycles. The Morgan fingerprint density at radius 2 is 1.55 bits per heavy atom. The van der Waals surface area contributed by atoms with E-state index in [4.69, 9.17) is 13.9 Å². The van der Waals surface area contributed by atoms with Gasteiger partial charge in [0.1, 0.15) is 29.4 Å². The summed E-state index contributed by atoms with van der Waals surface area (Å²) in [6.07, 6.45) is -7.45. The molecule has 0 amide bonds. The van der Waals surface area contributed by atoms with Gasteiger partial charge in [-0.25, -0.2) is 0 Å². The number of fused-ring (bicyclic) bond motifs is 1. The van der Waals surface area contributed by atoms with Crippen molar-refractivity contribution < 1.29 is 54.7 Å². The summed E-state index contributed by atoms with van der Waals surface area (Å²) in [6, 6.07) is 4.03. The van der Waals surface area contributed by atoms with Crippen molar-refractivity contribution in [1.82, 2.24) is 0 Å². The number of aromatic hydroxyl groups is 5. The van der Waals surface area contributed by atoms with Gasteiger partial charge in [-0.3, -0.25) is 4.79 Å². The Labute approximate surface area is 184 Å². The van der Waals surface area contributed by atoms with Crippen LogP contribution in [0.25, 0.3) is 22.3 Å². The molecule has 1 saturated heterocycles. The first kappa shape index (κ1) is 22.5. The highest BCUT2D eigenvalue weighted by molar-refractivity contribution is 5.93. The highest BCUT2D eigenvalue weighted by Crippen LogP contribution is 2.44. The summed E-state index contributed by atoms with van der Waals surface area (Å²) in [7, 11) is 0. The Balaban J connectivity index is 1.91. The monoisotopic (exact) mass is 464 g/mol. The molecule has 1 aliphatic heterocycles. The second-order valence-corrected chi connectivity index (χ2v) is 7.56. The van der Waals surface area contributed by atoms with Gasteiger partial charge in [-0.15, -0.1) is 0 Å². The molecule has 176 valence electrons. The molecule has 8 N–H and O–H groups in total. The van der Waals surface area contributed by atoms with Gasteiger partial charge in [-0.1, -0.05) is 0 Å². The molecule has 12 heteroatoms. The smallest absolute Gasteiger partial charge is 0.238 e. The van der Waals surface area contributed by atoms with Gasteiger partial charge >= 0.3 is 0 Å². The number of hydrogen-bond donors (Lipinski definition) is 8. The van der Waals surface area contributed by atoms with E-state index in [0.29, 0.717) is 0 Å². The zero-order valence-corrected chi connectivity index (χ0v) is 16.9. The number of rotatable bonds is 3. The number of aliphatic hydroxyl groups is 3. The minimum absolute atomic E-state index is 0.0447. The van der Waals surface area contributed by atoms with E-state index in [0.717, 1.165) is 18.2 Å². The number of phenolic OH excluding ortho intramolecular Hbond substituents is 4. The quantitative estimate of drug-likeness (QED) is 0.244. The van der Waals surface area contributed by atoms with E-state index in [1.54, 1.807) is 0 Å². The van der Waals surface area contributed by atoms with Crippen LogP contribution in [0, 0.1) is 0 Å². The van der Waals surface area contributed by atoms with E-state index < -0.39 is 87.4 Å². The van der Waals surface area contributed by atoms with Crippen LogP contribution in [0.2, 0.25) is 0 Å². The molecule has 0 saturated carbocycles. The van der Waals surface area contributed by atoms with Crippen molar-refractivity contribution in [3.63, 3.8) is 0 Å². The molecule has 0 radical (unpaired) electrons. The van der Waals surface area contributed by atoms with Gasteiger partial charge in [0.15, 0.2) is 28.6 Å². The van der Waals surface area contributed by atoms with Gasteiger partial charge in [0.05, 0.1) is 6.10 Å². The number of hydrogen-bond acceptors (Lipinski definition) is 12. The molecule has 12 nitrogen and oxygen atoms in total. The fourth-order valence-electron chi connectivity index (χ4n) is 3.50. The highest BCUT2D eigenvalue weighted by atomic mass is 16.7. The molecule has 0 spiro atoms. The first-order chi connectivity index (χ1) is 15.5. The predicted octanol–water partition coefficient (Wildman–Crippen LogP) is 0.194. The molecule has 2 aromatic carbocycles. The van der Waals surface area contributed by atoms with Gasteiger partial charge in [-0.05, 0) is 25.1 Å². The molecule has 1 aliphatic rings. The highest BCUT2D eigenvalue weighted by Gasteiger charge is 2.44. The molecule has 4 rings (SSSR count). The Hall–Kier alpha value is -3.71. The van der Waals surface area contributed by atoms with Crippen molar-refractivity contribution in [3.05, 3.63) is 34.5 Å². The summed E-state index contributed by atoms with van der Waals surface area (Å²) in [5.74, 6) is -4.56. The van der Waals surface area contributed by atoms with Crippen molar-refractivity contribution in [1.29, 1.82) is 0 Å². The minimum Gasteiger partial charge on any atom is -0.507 e. The van der Waals surface area contributed by atoms with E-state index in [-0.39, 0.29) is 5.56 Å². The SMILES string of the molecule is C[C@@H]1O[C@@H](Oc2c(O)cc(O)c3c(=O)c(O)c(-c4ccc(O)c(O)c4)oc23)[C@H](O)[C@H](O)[C@H]1O. The summed E-state index contributed by atoms with van der Waals surface area (Å²) in [4.78, 5) is 12.8. The fourth-order valence-corrected chi connectivity index (χ4v) is 3.50. The molecule has 33 heavy (non-hydrogen) atoms. The maximum Gasteiger partial charge on any atom is 0.238 e. The van der Waals surface area contributed by atoms with Crippen molar-refractivity contribution in [3.8, 4) is 45.8 Å².